The Balaban J connectivity index is 3.91. The quantitative estimate of drug-likeness (QED) is 0.451. The molecule has 0 saturated heterocycles. The third-order valence-electron chi connectivity index (χ3n) is 2.34. The number of hydrogen-bond donors (Lipinski definition) is 0. The molecule has 80 valence electrons. The van der Waals surface area contributed by atoms with Crippen molar-refractivity contribution in [3.05, 3.63) is 12.2 Å². The van der Waals surface area contributed by atoms with E-state index in [0.717, 1.165) is 0 Å². The molecule has 0 N–H and O–H groups in total. The lowest BCUT2D eigenvalue weighted by Crippen LogP contribution is -2.44. The van der Waals surface area contributed by atoms with Gasteiger partial charge in [0.15, 0.2) is 0 Å². The highest BCUT2D eigenvalue weighted by atomic mass is 16.4. The van der Waals surface area contributed by atoms with Crippen LogP contribution < -0.4 is 5.11 Å². The van der Waals surface area contributed by atoms with Crippen molar-refractivity contribution in [1.82, 2.24) is 0 Å². The zero-order valence-corrected chi connectivity index (χ0v) is 9.00. The smallest absolute Gasteiger partial charge is 0.310 e. The van der Waals surface area contributed by atoms with Crippen LogP contribution in [0.3, 0.4) is 0 Å². The maximum atomic E-state index is 11.1. The van der Waals surface area contributed by atoms with Crippen LogP contribution in [0.15, 0.2) is 12.2 Å². The molecular weight excluding hydrogens is 182 g/mol. The van der Waals surface area contributed by atoms with Crippen LogP contribution in [0, 0.1) is 0 Å². The Morgan fingerprint density at radius 2 is 1.86 bits per heavy atom. The van der Waals surface area contributed by atoms with Gasteiger partial charge in [-0.2, -0.15) is 0 Å². The molecule has 0 spiro atoms. The highest BCUT2D eigenvalue weighted by Gasteiger charge is 2.20. The van der Waals surface area contributed by atoms with E-state index in [2.05, 4.69) is 6.58 Å². The number of quaternary nitrogens is 1. The number of carboxylic acid groups (broad SMARTS) is 1. The van der Waals surface area contributed by atoms with Crippen molar-refractivity contribution in [2.45, 2.75) is 19.8 Å². The minimum Gasteiger partial charge on any atom is -0.545 e. The Bertz CT molecular complexity index is 256. The van der Waals surface area contributed by atoms with E-state index in [1.165, 1.54) is 6.92 Å². The third kappa shape index (κ3) is 4.18. The number of aliphatic carboxylic acids is 1. The number of carboxylic acids is 1. The van der Waals surface area contributed by atoms with Crippen LogP contribution in [0.25, 0.3) is 0 Å². The Morgan fingerprint density at radius 1 is 1.36 bits per heavy atom. The van der Waals surface area contributed by atoms with E-state index in [-0.39, 0.29) is 16.0 Å². The number of carbonyl (C=O) groups excluding carboxylic acids is 2. The molecule has 0 aromatic heterocycles. The van der Waals surface area contributed by atoms with Crippen molar-refractivity contribution in [3.63, 3.8) is 0 Å². The average Bonchev–Trinajstić information content (AvgIpc) is 2.03. The molecule has 0 unspecified atom stereocenters. The van der Waals surface area contributed by atoms with Crippen LogP contribution >= 0.6 is 0 Å². The maximum absolute atomic E-state index is 11.1. The van der Waals surface area contributed by atoms with Gasteiger partial charge in [-0.25, -0.2) is 4.79 Å². The Hall–Kier alpha value is -1.16. The van der Waals surface area contributed by atoms with E-state index in [1.807, 2.05) is 0 Å². The highest BCUT2D eigenvalue weighted by Crippen LogP contribution is 2.06. The summed E-state index contributed by atoms with van der Waals surface area (Å²) >= 11 is 0. The summed E-state index contributed by atoms with van der Waals surface area (Å²) in [6.45, 7) is 5.50. The summed E-state index contributed by atoms with van der Waals surface area (Å²) < 4.78 is 0.264. The van der Waals surface area contributed by atoms with Crippen LogP contribution in [0.2, 0.25) is 0 Å². The number of rotatable bonds is 5. The molecule has 0 atom stereocenters. The van der Waals surface area contributed by atoms with E-state index in [0.29, 0.717) is 19.4 Å². The van der Waals surface area contributed by atoms with E-state index < -0.39 is 5.97 Å². The Morgan fingerprint density at radius 3 is 2.21 bits per heavy atom. The summed E-state index contributed by atoms with van der Waals surface area (Å²) in [7, 11) is 3.59. The van der Waals surface area contributed by atoms with Crippen LogP contribution in [-0.2, 0) is 9.59 Å². The number of amides is 1. The van der Waals surface area contributed by atoms with Crippen molar-refractivity contribution >= 4 is 11.9 Å². The molecule has 0 aromatic rings. The van der Waals surface area contributed by atoms with Crippen LogP contribution in [0.4, 0.5) is 0 Å². The van der Waals surface area contributed by atoms with E-state index in [1.54, 1.807) is 14.1 Å². The van der Waals surface area contributed by atoms with Gasteiger partial charge in [0, 0.05) is 6.42 Å². The number of hydrogen-bond acceptors (Lipinski definition) is 3. The molecule has 0 aromatic carbocycles. The topological polar surface area (TPSA) is 57.2 Å². The first kappa shape index (κ1) is 12.8. The lowest BCUT2D eigenvalue weighted by molar-refractivity contribution is -0.813. The Kier molecular flexibility index (Phi) is 4.50. The van der Waals surface area contributed by atoms with Gasteiger partial charge in [0.25, 0.3) is 0 Å². The fourth-order valence-electron chi connectivity index (χ4n) is 0.947. The van der Waals surface area contributed by atoms with Gasteiger partial charge in [0.1, 0.15) is 0 Å². The lowest BCUT2D eigenvalue weighted by Gasteiger charge is -2.25. The average molecular weight is 199 g/mol. The fourth-order valence-corrected chi connectivity index (χ4v) is 0.947. The van der Waals surface area contributed by atoms with Gasteiger partial charge >= 0.3 is 5.91 Å². The van der Waals surface area contributed by atoms with Crippen LogP contribution in [0.5, 0.6) is 0 Å². The van der Waals surface area contributed by atoms with Crippen molar-refractivity contribution in [2.24, 2.45) is 0 Å². The SMILES string of the molecule is C=C(CCC[N+](C)(C)C(C)=O)C(=O)[O-]. The van der Waals surface area contributed by atoms with Gasteiger partial charge < -0.3 is 9.90 Å². The lowest BCUT2D eigenvalue weighted by atomic mass is 10.1. The minimum absolute atomic E-state index is 0.0593. The molecule has 0 saturated carbocycles. The zero-order valence-electron chi connectivity index (χ0n) is 9.00. The van der Waals surface area contributed by atoms with Crippen molar-refractivity contribution in [3.8, 4) is 0 Å². The van der Waals surface area contributed by atoms with Crippen LogP contribution in [-0.4, -0.2) is 37.0 Å². The molecule has 4 heteroatoms. The molecule has 0 rings (SSSR count). The number of nitrogens with zero attached hydrogens (tertiary/aromatic N) is 1. The van der Waals surface area contributed by atoms with Gasteiger partial charge in [-0.3, -0.25) is 4.48 Å². The van der Waals surface area contributed by atoms with Gasteiger partial charge in [-0.15, -0.1) is 0 Å². The first-order valence-corrected chi connectivity index (χ1v) is 4.50. The second kappa shape index (κ2) is 4.91. The largest absolute Gasteiger partial charge is 0.545 e. The monoisotopic (exact) mass is 199 g/mol. The third-order valence-corrected chi connectivity index (χ3v) is 2.34. The van der Waals surface area contributed by atoms with Crippen molar-refractivity contribution < 1.29 is 19.2 Å². The van der Waals surface area contributed by atoms with Gasteiger partial charge in [0.05, 0.1) is 33.5 Å². The fraction of sp³-hybridized carbons (Fsp3) is 0.600. The molecule has 0 radical (unpaired) electrons. The summed E-state index contributed by atoms with van der Waals surface area (Å²) in [6, 6.07) is 0. The summed E-state index contributed by atoms with van der Waals surface area (Å²) in [6.07, 6.45) is 0.997. The van der Waals surface area contributed by atoms with Gasteiger partial charge in [-0.05, 0) is 12.0 Å². The van der Waals surface area contributed by atoms with Gasteiger partial charge in [0.2, 0.25) is 0 Å². The summed E-state index contributed by atoms with van der Waals surface area (Å²) in [5, 5.41) is 10.3. The maximum Gasteiger partial charge on any atom is 0.310 e. The Labute approximate surface area is 84.4 Å². The minimum atomic E-state index is -1.21. The summed E-state index contributed by atoms with van der Waals surface area (Å²) in [5.41, 5.74) is 0.0913. The molecule has 0 aliphatic rings. The normalized spacial score (nSPS) is 11.1. The predicted molar refractivity (Wildman–Crippen MR) is 51.0 cm³/mol. The first-order chi connectivity index (χ1) is 6.27. The molecule has 1 amide bonds. The molecule has 0 bridgehead atoms. The molecular formula is C10H17NO3. The summed E-state index contributed by atoms with van der Waals surface area (Å²) in [4.78, 5) is 21.4. The summed E-state index contributed by atoms with van der Waals surface area (Å²) in [5.74, 6) is -1.15. The molecule has 0 aliphatic heterocycles. The van der Waals surface area contributed by atoms with Crippen molar-refractivity contribution in [1.29, 1.82) is 0 Å². The highest BCUT2D eigenvalue weighted by molar-refractivity contribution is 5.83. The second-order valence-electron chi connectivity index (χ2n) is 3.92. The van der Waals surface area contributed by atoms with Crippen LogP contribution in [0.1, 0.15) is 19.8 Å². The standard InChI is InChI=1S/C10H17NO3/c1-8(10(13)14)6-5-7-11(3,4)9(2)12/h1,5-7H2,2-4H3. The molecule has 14 heavy (non-hydrogen) atoms. The second-order valence-corrected chi connectivity index (χ2v) is 3.92. The van der Waals surface area contributed by atoms with E-state index >= 15 is 0 Å². The molecule has 4 nitrogen and oxygen atoms in total. The predicted octanol–water partition coefficient (Wildman–Crippen LogP) is -0.304. The van der Waals surface area contributed by atoms with Gasteiger partial charge in [-0.1, -0.05) is 6.58 Å². The number of carbonyl (C=O) groups is 2. The van der Waals surface area contributed by atoms with Crippen molar-refractivity contribution in [2.75, 3.05) is 20.6 Å². The van der Waals surface area contributed by atoms with E-state index in [9.17, 15) is 14.7 Å². The molecule has 0 fully saturated rings. The molecule has 0 aliphatic carbocycles. The zero-order chi connectivity index (χ0) is 11.4. The first-order valence-electron chi connectivity index (χ1n) is 4.50. The van der Waals surface area contributed by atoms with E-state index in [4.69, 9.17) is 0 Å². The molecule has 0 heterocycles.